The minimum absolute atomic E-state index is 0.225. The Morgan fingerprint density at radius 2 is 1.79 bits per heavy atom. The summed E-state index contributed by atoms with van der Waals surface area (Å²) >= 11 is 0. The SMILES string of the molecule is CC(C)(C)OC(=O)NC1CCCCC1C(=O)OCc1ccccc1. The Labute approximate surface area is 143 Å². The molecule has 5 heteroatoms. The number of esters is 1. The molecule has 1 amide bonds. The number of ether oxygens (including phenoxy) is 2. The molecule has 2 atom stereocenters. The van der Waals surface area contributed by atoms with Crippen LogP contribution in [0.25, 0.3) is 0 Å². The molecule has 1 aliphatic carbocycles. The summed E-state index contributed by atoms with van der Waals surface area (Å²) in [5.74, 6) is -0.561. The molecule has 0 bridgehead atoms. The van der Waals surface area contributed by atoms with E-state index >= 15 is 0 Å². The first-order chi connectivity index (χ1) is 11.3. The van der Waals surface area contributed by atoms with Crippen LogP contribution in [0.15, 0.2) is 30.3 Å². The molecular weight excluding hydrogens is 306 g/mol. The molecule has 1 aromatic rings. The van der Waals surface area contributed by atoms with Crippen LogP contribution in [0.4, 0.5) is 4.79 Å². The second-order valence-electron chi connectivity index (χ2n) is 7.24. The van der Waals surface area contributed by atoms with E-state index in [1.54, 1.807) is 0 Å². The van der Waals surface area contributed by atoms with Gasteiger partial charge in [-0.3, -0.25) is 4.79 Å². The predicted octanol–water partition coefficient (Wildman–Crippen LogP) is 3.81. The first kappa shape index (κ1) is 18.3. The summed E-state index contributed by atoms with van der Waals surface area (Å²) in [6.45, 7) is 5.71. The zero-order valence-corrected chi connectivity index (χ0v) is 14.7. The molecule has 24 heavy (non-hydrogen) atoms. The second-order valence-corrected chi connectivity index (χ2v) is 7.24. The van der Waals surface area contributed by atoms with Gasteiger partial charge in [-0.05, 0) is 39.2 Å². The molecule has 1 saturated carbocycles. The van der Waals surface area contributed by atoms with Gasteiger partial charge in [-0.1, -0.05) is 43.2 Å². The fourth-order valence-electron chi connectivity index (χ4n) is 2.88. The Hall–Kier alpha value is -2.04. The lowest BCUT2D eigenvalue weighted by Gasteiger charge is -2.31. The van der Waals surface area contributed by atoms with E-state index in [4.69, 9.17) is 9.47 Å². The summed E-state index contributed by atoms with van der Waals surface area (Å²) in [7, 11) is 0. The Bertz CT molecular complexity index is 550. The van der Waals surface area contributed by atoms with Crippen molar-refractivity contribution < 1.29 is 19.1 Å². The van der Waals surface area contributed by atoms with Crippen LogP contribution in [-0.2, 0) is 20.9 Å². The molecular formula is C19H27NO4. The van der Waals surface area contributed by atoms with Gasteiger partial charge in [0.25, 0.3) is 0 Å². The highest BCUT2D eigenvalue weighted by molar-refractivity contribution is 5.75. The van der Waals surface area contributed by atoms with Gasteiger partial charge in [0.2, 0.25) is 0 Å². The fraction of sp³-hybridized carbons (Fsp3) is 0.579. The summed E-state index contributed by atoms with van der Waals surface area (Å²) in [4.78, 5) is 24.4. The van der Waals surface area contributed by atoms with Crippen LogP contribution >= 0.6 is 0 Å². The molecule has 0 aromatic heterocycles. The van der Waals surface area contributed by atoms with Crippen molar-refractivity contribution in [3.63, 3.8) is 0 Å². The molecule has 1 fully saturated rings. The highest BCUT2D eigenvalue weighted by Gasteiger charge is 2.34. The number of carbonyl (C=O) groups excluding carboxylic acids is 2. The van der Waals surface area contributed by atoms with Crippen molar-refractivity contribution in [1.82, 2.24) is 5.32 Å². The van der Waals surface area contributed by atoms with Crippen LogP contribution < -0.4 is 5.32 Å². The van der Waals surface area contributed by atoms with Gasteiger partial charge in [-0.2, -0.15) is 0 Å². The summed E-state index contributed by atoms with van der Waals surface area (Å²) in [6, 6.07) is 9.37. The minimum Gasteiger partial charge on any atom is -0.461 e. The van der Waals surface area contributed by atoms with Crippen molar-refractivity contribution in [2.24, 2.45) is 5.92 Å². The van der Waals surface area contributed by atoms with Crippen LogP contribution in [0.1, 0.15) is 52.0 Å². The third-order valence-electron chi connectivity index (χ3n) is 3.99. The molecule has 1 N–H and O–H groups in total. The van der Waals surface area contributed by atoms with Crippen molar-refractivity contribution in [3.8, 4) is 0 Å². The van der Waals surface area contributed by atoms with Crippen LogP contribution in [0.3, 0.4) is 0 Å². The molecule has 2 rings (SSSR count). The van der Waals surface area contributed by atoms with Gasteiger partial charge in [-0.25, -0.2) is 4.79 Å². The quantitative estimate of drug-likeness (QED) is 0.851. The Balaban J connectivity index is 1.90. The number of rotatable bonds is 4. The average Bonchev–Trinajstić information content (AvgIpc) is 2.52. The van der Waals surface area contributed by atoms with Crippen molar-refractivity contribution in [3.05, 3.63) is 35.9 Å². The molecule has 132 valence electrons. The number of nitrogens with one attached hydrogen (secondary N) is 1. The van der Waals surface area contributed by atoms with Crippen molar-refractivity contribution in [2.45, 2.75) is 64.7 Å². The molecule has 0 saturated heterocycles. The maximum Gasteiger partial charge on any atom is 0.407 e. The van der Waals surface area contributed by atoms with E-state index in [1.165, 1.54) is 0 Å². The highest BCUT2D eigenvalue weighted by Crippen LogP contribution is 2.26. The maximum absolute atomic E-state index is 12.4. The number of hydrogen-bond donors (Lipinski definition) is 1. The third-order valence-corrected chi connectivity index (χ3v) is 3.99. The van der Waals surface area contributed by atoms with Crippen molar-refractivity contribution >= 4 is 12.1 Å². The summed E-state index contributed by atoms with van der Waals surface area (Å²) in [5, 5.41) is 2.84. The number of carbonyl (C=O) groups is 2. The Kier molecular flexibility index (Phi) is 6.23. The zero-order valence-electron chi connectivity index (χ0n) is 14.7. The van der Waals surface area contributed by atoms with E-state index in [1.807, 2.05) is 51.1 Å². The highest BCUT2D eigenvalue weighted by atomic mass is 16.6. The molecule has 0 heterocycles. The number of amides is 1. The smallest absolute Gasteiger partial charge is 0.407 e. The zero-order chi connectivity index (χ0) is 17.6. The fourth-order valence-corrected chi connectivity index (χ4v) is 2.88. The van der Waals surface area contributed by atoms with E-state index in [9.17, 15) is 9.59 Å². The second kappa shape index (κ2) is 8.18. The van der Waals surface area contributed by atoms with Crippen LogP contribution in [0.2, 0.25) is 0 Å². The van der Waals surface area contributed by atoms with Gasteiger partial charge < -0.3 is 14.8 Å². The van der Waals surface area contributed by atoms with Gasteiger partial charge in [0.1, 0.15) is 12.2 Å². The lowest BCUT2D eigenvalue weighted by Crippen LogP contribution is -2.47. The Morgan fingerprint density at radius 3 is 2.46 bits per heavy atom. The van der Waals surface area contributed by atoms with Gasteiger partial charge in [0.15, 0.2) is 0 Å². The molecule has 0 aliphatic heterocycles. The monoisotopic (exact) mass is 333 g/mol. The van der Waals surface area contributed by atoms with Crippen LogP contribution in [0.5, 0.6) is 0 Å². The normalized spacial score (nSPS) is 21.0. The molecule has 5 nitrogen and oxygen atoms in total. The minimum atomic E-state index is -0.554. The van der Waals surface area contributed by atoms with E-state index in [0.29, 0.717) is 0 Å². The summed E-state index contributed by atoms with van der Waals surface area (Å²) in [6.07, 6.45) is 2.98. The van der Waals surface area contributed by atoms with E-state index in [-0.39, 0.29) is 24.5 Å². The van der Waals surface area contributed by atoms with Crippen LogP contribution in [0, 0.1) is 5.92 Å². The summed E-state index contributed by atoms with van der Waals surface area (Å²) in [5.41, 5.74) is 0.403. The number of hydrogen-bond acceptors (Lipinski definition) is 4. The van der Waals surface area contributed by atoms with Gasteiger partial charge in [-0.15, -0.1) is 0 Å². The number of alkyl carbamates (subject to hydrolysis) is 1. The first-order valence-corrected chi connectivity index (χ1v) is 8.55. The molecule has 1 aromatic carbocycles. The van der Waals surface area contributed by atoms with Crippen molar-refractivity contribution in [1.29, 1.82) is 0 Å². The number of benzene rings is 1. The van der Waals surface area contributed by atoms with Gasteiger partial charge in [0.05, 0.1) is 5.92 Å². The van der Waals surface area contributed by atoms with E-state index in [2.05, 4.69) is 5.32 Å². The maximum atomic E-state index is 12.4. The van der Waals surface area contributed by atoms with Gasteiger partial charge in [0, 0.05) is 6.04 Å². The largest absolute Gasteiger partial charge is 0.461 e. The molecule has 1 aliphatic rings. The third kappa shape index (κ3) is 5.87. The summed E-state index contributed by atoms with van der Waals surface area (Å²) < 4.78 is 10.7. The molecule has 0 spiro atoms. The van der Waals surface area contributed by atoms with Crippen molar-refractivity contribution in [2.75, 3.05) is 0 Å². The van der Waals surface area contributed by atoms with Gasteiger partial charge >= 0.3 is 12.1 Å². The molecule has 0 radical (unpaired) electrons. The lowest BCUT2D eigenvalue weighted by atomic mass is 9.84. The topological polar surface area (TPSA) is 64.6 Å². The standard InChI is InChI=1S/C19H27NO4/c1-19(2,3)24-18(22)20-16-12-8-7-11-15(16)17(21)23-13-14-9-5-4-6-10-14/h4-6,9-10,15-16H,7-8,11-13H2,1-3H3,(H,20,22). The lowest BCUT2D eigenvalue weighted by molar-refractivity contribution is -0.152. The molecule has 2 unspecified atom stereocenters. The van der Waals surface area contributed by atoms with E-state index < -0.39 is 11.7 Å². The first-order valence-electron chi connectivity index (χ1n) is 8.55. The van der Waals surface area contributed by atoms with E-state index in [0.717, 1.165) is 31.2 Å². The Morgan fingerprint density at radius 1 is 1.12 bits per heavy atom. The van der Waals surface area contributed by atoms with Crippen LogP contribution in [-0.4, -0.2) is 23.7 Å². The predicted molar refractivity (Wildman–Crippen MR) is 91.4 cm³/mol. The average molecular weight is 333 g/mol.